The Morgan fingerprint density at radius 3 is 2.46 bits per heavy atom. The molecule has 0 aliphatic rings. The molecule has 0 bridgehead atoms. The molecule has 0 atom stereocenters. The van der Waals surface area contributed by atoms with E-state index in [1.807, 2.05) is 49.4 Å². The Hall–Kier alpha value is -2.95. The first-order chi connectivity index (χ1) is 11.6. The molecule has 3 aromatic rings. The van der Waals surface area contributed by atoms with Gasteiger partial charge in [-0.2, -0.15) is 0 Å². The van der Waals surface area contributed by atoms with Gasteiger partial charge in [-0.05, 0) is 43.3 Å². The average molecular weight is 325 g/mol. The number of nitrogens with zero attached hydrogens (tertiary/aromatic N) is 1. The number of para-hydroxylation sites is 1. The largest absolute Gasteiger partial charge is 0.486 e. The second kappa shape index (κ2) is 7.08. The number of hydrogen-bond acceptors (Lipinski definition) is 4. The van der Waals surface area contributed by atoms with Crippen LogP contribution < -0.4 is 4.74 Å². The van der Waals surface area contributed by atoms with E-state index in [1.165, 1.54) is 0 Å². The number of carbonyl (C=O) groups excluding carboxylic acids is 1. The molecule has 0 aliphatic carbocycles. The average Bonchev–Trinajstić information content (AvgIpc) is 3.22. The molecule has 5 nitrogen and oxygen atoms in total. The first-order valence-corrected chi connectivity index (χ1v) is 7.69. The summed E-state index contributed by atoms with van der Waals surface area (Å²) in [6.45, 7) is 2.54. The van der Waals surface area contributed by atoms with E-state index in [9.17, 15) is 4.79 Å². The molecule has 0 unspecified atom stereocenters. The van der Waals surface area contributed by atoms with Crippen molar-refractivity contribution in [3.05, 3.63) is 77.6 Å². The van der Waals surface area contributed by atoms with E-state index in [-0.39, 0.29) is 18.3 Å². The van der Waals surface area contributed by atoms with Gasteiger partial charge >= 0.3 is 0 Å². The summed E-state index contributed by atoms with van der Waals surface area (Å²) < 4.78 is 16.7. The molecule has 0 saturated heterocycles. The highest BCUT2D eigenvalue weighted by Gasteiger charge is 2.17. The van der Waals surface area contributed by atoms with Gasteiger partial charge in [0.2, 0.25) is 0 Å². The zero-order valence-electron chi connectivity index (χ0n) is 13.7. The number of rotatable bonds is 6. The van der Waals surface area contributed by atoms with Gasteiger partial charge in [-0.15, -0.1) is 0 Å². The molecule has 24 heavy (non-hydrogen) atoms. The van der Waals surface area contributed by atoms with Crippen LogP contribution in [0, 0.1) is 6.92 Å². The molecular weight excluding hydrogens is 306 g/mol. The first-order valence-electron chi connectivity index (χ1n) is 7.69. The van der Waals surface area contributed by atoms with E-state index < -0.39 is 0 Å². The lowest BCUT2D eigenvalue weighted by atomic mass is 10.3. The summed E-state index contributed by atoms with van der Waals surface area (Å²) in [6, 6.07) is 16.6. The third-order valence-corrected chi connectivity index (χ3v) is 3.53. The first kappa shape index (κ1) is 15.9. The topological polar surface area (TPSA) is 55.8 Å². The maximum atomic E-state index is 12.4. The molecule has 2 heterocycles. The van der Waals surface area contributed by atoms with Crippen LogP contribution in [-0.2, 0) is 13.2 Å². The smallest absolute Gasteiger partial charge is 0.289 e. The van der Waals surface area contributed by atoms with Gasteiger partial charge in [-0.1, -0.05) is 18.2 Å². The van der Waals surface area contributed by atoms with Gasteiger partial charge < -0.3 is 18.5 Å². The van der Waals surface area contributed by atoms with Crippen LogP contribution in [0.2, 0.25) is 0 Å². The lowest BCUT2D eigenvalue weighted by Gasteiger charge is -2.13. The van der Waals surface area contributed by atoms with Crippen molar-refractivity contribution in [2.75, 3.05) is 7.05 Å². The Morgan fingerprint density at radius 2 is 1.75 bits per heavy atom. The van der Waals surface area contributed by atoms with Crippen molar-refractivity contribution in [1.29, 1.82) is 0 Å². The number of furan rings is 2. The Bertz CT molecular complexity index is 804. The molecule has 0 radical (unpaired) electrons. The molecule has 0 fully saturated rings. The zero-order valence-corrected chi connectivity index (χ0v) is 13.7. The standard InChI is InChI=1S/C19H19NO4/c1-14-8-9-16(23-14)12-20(2)19(21)18-11-10-17(24-18)13-22-15-6-4-3-5-7-15/h3-11H,12-13H2,1-2H3. The van der Waals surface area contributed by atoms with Crippen LogP contribution >= 0.6 is 0 Å². The van der Waals surface area contributed by atoms with E-state index in [4.69, 9.17) is 13.6 Å². The minimum Gasteiger partial charge on any atom is -0.486 e. The summed E-state index contributed by atoms with van der Waals surface area (Å²) in [5.74, 6) is 3.01. The monoisotopic (exact) mass is 325 g/mol. The molecule has 1 amide bonds. The second-order valence-electron chi connectivity index (χ2n) is 5.54. The van der Waals surface area contributed by atoms with Gasteiger partial charge in [0.25, 0.3) is 5.91 Å². The maximum absolute atomic E-state index is 12.4. The number of aryl methyl sites for hydroxylation is 1. The van der Waals surface area contributed by atoms with E-state index in [0.29, 0.717) is 12.3 Å². The predicted octanol–water partition coefficient (Wildman–Crippen LogP) is 4.03. The van der Waals surface area contributed by atoms with Gasteiger partial charge in [0, 0.05) is 7.05 Å². The van der Waals surface area contributed by atoms with Crippen LogP contribution in [0.15, 0.2) is 63.4 Å². The summed E-state index contributed by atoms with van der Waals surface area (Å²) >= 11 is 0. The van der Waals surface area contributed by atoms with Gasteiger partial charge in [-0.3, -0.25) is 4.79 Å². The molecule has 5 heteroatoms. The molecule has 0 saturated carbocycles. The number of amides is 1. The third-order valence-electron chi connectivity index (χ3n) is 3.53. The molecule has 124 valence electrons. The van der Waals surface area contributed by atoms with Crippen molar-refractivity contribution < 1.29 is 18.4 Å². The van der Waals surface area contributed by atoms with Crippen LogP contribution in [-0.4, -0.2) is 17.9 Å². The SMILES string of the molecule is Cc1ccc(CN(C)C(=O)c2ccc(COc3ccccc3)o2)o1. The highest BCUT2D eigenvalue weighted by atomic mass is 16.5. The summed E-state index contributed by atoms with van der Waals surface area (Å²) in [5, 5.41) is 0. The normalized spacial score (nSPS) is 10.6. The van der Waals surface area contributed by atoms with Crippen molar-refractivity contribution in [3.8, 4) is 5.75 Å². The predicted molar refractivity (Wildman–Crippen MR) is 88.7 cm³/mol. The summed E-state index contributed by atoms with van der Waals surface area (Å²) in [7, 11) is 1.71. The van der Waals surface area contributed by atoms with E-state index in [1.54, 1.807) is 24.1 Å². The number of hydrogen-bond donors (Lipinski definition) is 0. The van der Waals surface area contributed by atoms with Gasteiger partial charge in [0.05, 0.1) is 6.54 Å². The fourth-order valence-corrected chi connectivity index (χ4v) is 2.31. The molecule has 0 N–H and O–H groups in total. The lowest BCUT2D eigenvalue weighted by Crippen LogP contribution is -2.25. The van der Waals surface area contributed by atoms with Crippen LogP contribution in [0.1, 0.15) is 27.8 Å². The third kappa shape index (κ3) is 3.87. The highest BCUT2D eigenvalue weighted by molar-refractivity contribution is 5.91. The maximum Gasteiger partial charge on any atom is 0.289 e. The molecule has 0 spiro atoms. The quantitative estimate of drug-likeness (QED) is 0.686. The summed E-state index contributed by atoms with van der Waals surface area (Å²) in [6.07, 6.45) is 0. The van der Waals surface area contributed by atoms with Crippen molar-refractivity contribution in [1.82, 2.24) is 4.90 Å². The number of benzene rings is 1. The van der Waals surface area contributed by atoms with Crippen molar-refractivity contribution >= 4 is 5.91 Å². The second-order valence-corrected chi connectivity index (χ2v) is 5.54. The Balaban J connectivity index is 1.58. The van der Waals surface area contributed by atoms with Crippen molar-refractivity contribution in [2.24, 2.45) is 0 Å². The van der Waals surface area contributed by atoms with Crippen LogP contribution in [0.25, 0.3) is 0 Å². The van der Waals surface area contributed by atoms with E-state index >= 15 is 0 Å². The fraction of sp³-hybridized carbons (Fsp3) is 0.211. The lowest BCUT2D eigenvalue weighted by molar-refractivity contribution is 0.0739. The Labute approximate surface area is 140 Å². The van der Waals surface area contributed by atoms with Crippen LogP contribution in [0.3, 0.4) is 0 Å². The van der Waals surface area contributed by atoms with Crippen molar-refractivity contribution in [2.45, 2.75) is 20.1 Å². The Morgan fingerprint density at radius 1 is 1.00 bits per heavy atom. The van der Waals surface area contributed by atoms with Crippen LogP contribution in [0.5, 0.6) is 5.75 Å². The van der Waals surface area contributed by atoms with Crippen LogP contribution in [0.4, 0.5) is 0 Å². The molecule has 2 aromatic heterocycles. The van der Waals surface area contributed by atoms with E-state index in [0.717, 1.165) is 17.3 Å². The van der Waals surface area contributed by atoms with Gasteiger partial charge in [0.15, 0.2) is 5.76 Å². The minimum absolute atomic E-state index is 0.199. The Kier molecular flexibility index (Phi) is 4.70. The highest BCUT2D eigenvalue weighted by Crippen LogP contribution is 2.16. The summed E-state index contributed by atoms with van der Waals surface area (Å²) in [5.41, 5.74) is 0. The van der Waals surface area contributed by atoms with Gasteiger partial charge in [-0.25, -0.2) is 0 Å². The number of ether oxygens (including phenoxy) is 1. The molecule has 1 aromatic carbocycles. The minimum atomic E-state index is -0.199. The molecular formula is C19H19NO4. The zero-order chi connectivity index (χ0) is 16.9. The van der Waals surface area contributed by atoms with E-state index in [2.05, 4.69) is 0 Å². The number of carbonyl (C=O) groups is 1. The molecule has 0 aliphatic heterocycles. The van der Waals surface area contributed by atoms with Crippen molar-refractivity contribution in [3.63, 3.8) is 0 Å². The fourth-order valence-electron chi connectivity index (χ4n) is 2.31. The van der Waals surface area contributed by atoms with Gasteiger partial charge in [0.1, 0.15) is 29.6 Å². The summed E-state index contributed by atoms with van der Waals surface area (Å²) in [4.78, 5) is 13.9. The molecule has 3 rings (SSSR count).